The molecule has 0 aromatic carbocycles. The van der Waals surface area contributed by atoms with E-state index in [4.69, 9.17) is 9.29 Å². The topological polar surface area (TPSA) is 80.7 Å². The molecule has 0 aliphatic carbocycles. The Kier molecular flexibility index (Phi) is 21.1. The van der Waals surface area contributed by atoms with E-state index in [2.05, 4.69) is 13.8 Å². The van der Waals surface area contributed by atoms with Crippen molar-refractivity contribution in [2.24, 2.45) is 5.92 Å². The van der Waals surface area contributed by atoms with Crippen LogP contribution in [0.3, 0.4) is 0 Å². The number of rotatable bonds is 18. The summed E-state index contributed by atoms with van der Waals surface area (Å²) in [5, 5.41) is 0. The van der Waals surface area contributed by atoms with Crippen LogP contribution in [-0.4, -0.2) is 24.4 Å². The van der Waals surface area contributed by atoms with Gasteiger partial charge in [0.05, 0.1) is 0 Å². The molecule has 5 nitrogen and oxygen atoms in total. The molecule has 0 aromatic heterocycles. The number of carbonyl (C=O) groups is 1. The summed E-state index contributed by atoms with van der Waals surface area (Å²) in [6, 6.07) is 0. The quantitative estimate of drug-likeness (QED) is 0.157. The van der Waals surface area contributed by atoms with E-state index in [9.17, 15) is 13.2 Å². The second-order valence-electron chi connectivity index (χ2n) is 7.78. The molecule has 0 saturated carbocycles. The molecule has 0 radical (unpaired) electrons. The normalized spacial score (nSPS) is 13.6. The predicted octanol–water partition coefficient (Wildman–Crippen LogP) is 3.27. The van der Waals surface area contributed by atoms with Crippen LogP contribution < -0.4 is 29.6 Å². The molecular formula is C21H42NaO5S+. The predicted molar refractivity (Wildman–Crippen MR) is 111 cm³/mol. The summed E-state index contributed by atoms with van der Waals surface area (Å²) in [6.07, 6.45) is 16.2. The Morgan fingerprint density at radius 1 is 0.821 bits per heavy atom. The molecule has 0 heterocycles. The molecule has 2 atom stereocenters. The summed E-state index contributed by atoms with van der Waals surface area (Å²) in [7, 11) is -4.31. The van der Waals surface area contributed by atoms with Gasteiger partial charge < -0.3 is 4.74 Å². The third kappa shape index (κ3) is 18.4. The Bertz CT molecular complexity index is 467. The Hall–Kier alpha value is 0.380. The van der Waals surface area contributed by atoms with Crippen LogP contribution in [0.4, 0.5) is 0 Å². The van der Waals surface area contributed by atoms with Gasteiger partial charge in [0.25, 0.3) is 0 Å². The van der Waals surface area contributed by atoms with E-state index in [-0.39, 0.29) is 42.4 Å². The Balaban J connectivity index is 0. The molecule has 2 unspecified atom stereocenters. The number of hydrogen-bond acceptors (Lipinski definition) is 4. The molecule has 162 valence electrons. The van der Waals surface area contributed by atoms with Gasteiger partial charge in [-0.25, -0.2) is 0 Å². The van der Waals surface area contributed by atoms with E-state index < -0.39 is 21.5 Å². The van der Waals surface area contributed by atoms with Gasteiger partial charge in [-0.1, -0.05) is 97.8 Å². The fourth-order valence-electron chi connectivity index (χ4n) is 3.12. The average molecular weight is 430 g/mol. The van der Waals surface area contributed by atoms with Gasteiger partial charge in [-0.15, -0.1) is 0 Å². The Labute approximate surface area is 195 Å². The van der Waals surface area contributed by atoms with Crippen LogP contribution >= 0.6 is 0 Å². The van der Waals surface area contributed by atoms with E-state index in [0.29, 0.717) is 6.42 Å². The van der Waals surface area contributed by atoms with Gasteiger partial charge in [0.15, 0.2) is 0 Å². The molecule has 28 heavy (non-hydrogen) atoms. The summed E-state index contributed by atoms with van der Waals surface area (Å²) in [5.74, 6) is 0.329. The van der Waals surface area contributed by atoms with Crippen molar-refractivity contribution in [3.8, 4) is 0 Å². The number of unbranched alkanes of at least 4 members (excludes halogenated alkanes) is 10. The maximum atomic E-state index is 11.6. The zero-order chi connectivity index (χ0) is 20.5. The van der Waals surface area contributed by atoms with Crippen LogP contribution in [0.15, 0.2) is 0 Å². The maximum absolute atomic E-state index is 11.6. The molecule has 0 spiro atoms. The summed E-state index contributed by atoms with van der Waals surface area (Å²) in [6.45, 7) is 6.16. The van der Waals surface area contributed by atoms with Crippen molar-refractivity contribution in [1.29, 1.82) is 0 Å². The minimum atomic E-state index is -4.31. The van der Waals surface area contributed by atoms with Crippen LogP contribution in [0.2, 0.25) is 0 Å². The van der Waals surface area contributed by atoms with E-state index >= 15 is 0 Å². The van der Waals surface area contributed by atoms with Gasteiger partial charge in [-0.05, 0) is 18.8 Å². The van der Waals surface area contributed by atoms with Crippen LogP contribution in [0.25, 0.3) is 0 Å². The molecule has 0 bridgehead atoms. The first-order valence-corrected chi connectivity index (χ1v) is 12.5. The van der Waals surface area contributed by atoms with Crippen molar-refractivity contribution in [3.63, 3.8) is 0 Å². The fourth-order valence-corrected chi connectivity index (χ4v) is 3.77. The van der Waals surface area contributed by atoms with E-state index in [1.54, 1.807) is 6.92 Å². The first-order chi connectivity index (χ1) is 12.8. The van der Waals surface area contributed by atoms with Gasteiger partial charge in [0.2, 0.25) is 5.44 Å². The molecule has 0 rings (SSSR count). The summed E-state index contributed by atoms with van der Waals surface area (Å²) >= 11 is 0. The van der Waals surface area contributed by atoms with Crippen molar-refractivity contribution in [2.45, 2.75) is 123 Å². The molecule has 0 aromatic rings. The van der Waals surface area contributed by atoms with E-state index in [1.165, 1.54) is 64.2 Å². The average Bonchev–Trinajstić information content (AvgIpc) is 2.62. The van der Waals surface area contributed by atoms with Crippen LogP contribution in [0.5, 0.6) is 0 Å². The molecule has 0 aliphatic heterocycles. The third-order valence-corrected chi connectivity index (χ3v) is 6.30. The second kappa shape index (κ2) is 19.3. The first kappa shape index (κ1) is 30.6. The SMILES string of the molecule is CCC(C)CCCCCCCCCCCCCC(=O)OC(CC)S(=O)(=O)O.[Na+]. The Morgan fingerprint density at radius 3 is 1.64 bits per heavy atom. The van der Waals surface area contributed by atoms with Crippen molar-refractivity contribution >= 4 is 16.1 Å². The van der Waals surface area contributed by atoms with E-state index in [1.807, 2.05) is 0 Å². The second-order valence-corrected chi connectivity index (χ2v) is 9.34. The van der Waals surface area contributed by atoms with Crippen LogP contribution in [0, 0.1) is 5.92 Å². The van der Waals surface area contributed by atoms with Crippen LogP contribution in [-0.2, 0) is 19.6 Å². The molecule has 1 N–H and O–H groups in total. The van der Waals surface area contributed by atoms with Crippen molar-refractivity contribution in [1.82, 2.24) is 0 Å². The smallest absolute Gasteiger partial charge is 0.443 e. The minimum Gasteiger partial charge on any atom is -0.443 e. The largest absolute Gasteiger partial charge is 1.00 e. The monoisotopic (exact) mass is 429 g/mol. The minimum absolute atomic E-state index is 0. The Morgan fingerprint density at radius 2 is 1.25 bits per heavy atom. The zero-order valence-corrected chi connectivity index (χ0v) is 21.6. The van der Waals surface area contributed by atoms with Crippen molar-refractivity contribution < 1.29 is 52.1 Å². The van der Waals surface area contributed by atoms with Gasteiger partial charge in [0, 0.05) is 6.42 Å². The number of carbonyl (C=O) groups excluding carboxylic acids is 1. The molecule has 7 heteroatoms. The number of hydrogen-bond donors (Lipinski definition) is 1. The van der Waals surface area contributed by atoms with Gasteiger partial charge in [-0.3, -0.25) is 9.35 Å². The molecule has 0 fully saturated rings. The standard InChI is InChI=1S/C21H42O5S.Na/c1-4-19(3)17-15-13-11-9-7-6-8-10-12-14-16-18-20(22)26-21(5-2)27(23,24)25;/h19,21H,4-18H2,1-3H3,(H,23,24,25);/q;+1. The van der Waals surface area contributed by atoms with Gasteiger partial charge in [-0.2, -0.15) is 8.42 Å². The van der Waals surface area contributed by atoms with Crippen molar-refractivity contribution in [2.75, 3.05) is 0 Å². The fraction of sp³-hybridized carbons (Fsp3) is 0.952. The van der Waals surface area contributed by atoms with Crippen LogP contribution in [0.1, 0.15) is 117 Å². The van der Waals surface area contributed by atoms with E-state index in [0.717, 1.165) is 18.8 Å². The first-order valence-electron chi connectivity index (χ1n) is 11.0. The molecular weight excluding hydrogens is 387 g/mol. The number of ether oxygens (including phenoxy) is 1. The van der Waals surface area contributed by atoms with Gasteiger partial charge >= 0.3 is 45.6 Å². The summed E-state index contributed by atoms with van der Waals surface area (Å²) in [4.78, 5) is 11.6. The maximum Gasteiger partial charge on any atom is 1.00 e. The third-order valence-electron chi connectivity index (χ3n) is 5.20. The number of esters is 1. The molecule has 0 aliphatic rings. The zero-order valence-electron chi connectivity index (χ0n) is 18.7. The van der Waals surface area contributed by atoms with Crippen molar-refractivity contribution in [3.05, 3.63) is 0 Å². The molecule has 0 saturated heterocycles. The summed E-state index contributed by atoms with van der Waals surface area (Å²) < 4.78 is 35.7. The summed E-state index contributed by atoms with van der Waals surface area (Å²) in [5.41, 5.74) is -1.43. The van der Waals surface area contributed by atoms with Gasteiger partial charge in [0.1, 0.15) is 0 Å². The molecule has 0 amide bonds.